The van der Waals surface area contributed by atoms with Crippen molar-refractivity contribution in [1.82, 2.24) is 5.32 Å². The summed E-state index contributed by atoms with van der Waals surface area (Å²) in [6.45, 7) is 2.76. The number of benzene rings is 1. The molecule has 0 saturated carbocycles. The minimum Gasteiger partial charge on any atom is -0.472 e. The van der Waals surface area contributed by atoms with Crippen molar-refractivity contribution in [2.75, 3.05) is 0 Å². The largest absolute Gasteiger partial charge is 0.472 e. The Morgan fingerprint density at radius 1 is 1.41 bits per heavy atom. The van der Waals surface area contributed by atoms with Crippen LogP contribution in [0.25, 0.3) is 0 Å². The van der Waals surface area contributed by atoms with Gasteiger partial charge in [-0.1, -0.05) is 22.0 Å². The van der Waals surface area contributed by atoms with E-state index in [9.17, 15) is 4.39 Å². The van der Waals surface area contributed by atoms with Gasteiger partial charge in [-0.05, 0) is 30.7 Å². The highest BCUT2D eigenvalue weighted by Gasteiger charge is 2.09. The molecule has 1 aromatic heterocycles. The molecule has 0 amide bonds. The van der Waals surface area contributed by atoms with Gasteiger partial charge in [0, 0.05) is 22.6 Å². The third-order valence-corrected chi connectivity index (χ3v) is 3.31. The van der Waals surface area contributed by atoms with Crippen molar-refractivity contribution < 1.29 is 8.81 Å². The summed E-state index contributed by atoms with van der Waals surface area (Å²) >= 11 is 3.37. The molecule has 1 aromatic carbocycles. The average molecular weight is 298 g/mol. The predicted octanol–water partition coefficient (Wildman–Crippen LogP) is 4.03. The van der Waals surface area contributed by atoms with Crippen molar-refractivity contribution in [2.45, 2.75) is 19.5 Å². The van der Waals surface area contributed by atoms with Gasteiger partial charge in [-0.3, -0.25) is 0 Å². The van der Waals surface area contributed by atoms with Crippen LogP contribution >= 0.6 is 15.9 Å². The van der Waals surface area contributed by atoms with Crippen molar-refractivity contribution >= 4 is 15.9 Å². The van der Waals surface area contributed by atoms with Crippen molar-refractivity contribution in [3.05, 3.63) is 58.2 Å². The van der Waals surface area contributed by atoms with Crippen molar-refractivity contribution in [3.8, 4) is 0 Å². The van der Waals surface area contributed by atoms with Crippen LogP contribution in [-0.4, -0.2) is 0 Å². The van der Waals surface area contributed by atoms with E-state index in [0.29, 0.717) is 0 Å². The van der Waals surface area contributed by atoms with Crippen molar-refractivity contribution in [2.24, 2.45) is 0 Å². The first-order chi connectivity index (χ1) is 8.16. The highest BCUT2D eigenvalue weighted by atomic mass is 79.9. The normalized spacial score (nSPS) is 12.6. The van der Waals surface area contributed by atoms with Gasteiger partial charge < -0.3 is 9.73 Å². The maximum Gasteiger partial charge on any atom is 0.124 e. The molecule has 17 heavy (non-hydrogen) atoms. The van der Waals surface area contributed by atoms with Gasteiger partial charge in [0.15, 0.2) is 0 Å². The predicted molar refractivity (Wildman–Crippen MR) is 68.1 cm³/mol. The summed E-state index contributed by atoms with van der Waals surface area (Å²) in [5.41, 5.74) is 2.13. The Balaban J connectivity index is 2.01. The fourth-order valence-electron chi connectivity index (χ4n) is 1.63. The smallest absolute Gasteiger partial charge is 0.124 e. The van der Waals surface area contributed by atoms with E-state index in [0.717, 1.165) is 22.1 Å². The Morgan fingerprint density at radius 3 is 2.88 bits per heavy atom. The van der Waals surface area contributed by atoms with E-state index in [1.54, 1.807) is 18.6 Å². The zero-order valence-corrected chi connectivity index (χ0v) is 11.0. The number of halogens is 2. The van der Waals surface area contributed by atoms with Crippen molar-refractivity contribution in [1.29, 1.82) is 0 Å². The number of nitrogens with one attached hydrogen (secondary N) is 1. The van der Waals surface area contributed by atoms with E-state index in [1.165, 1.54) is 12.1 Å². The standard InChI is InChI=1S/C13H13BrFNO/c1-9(16-7-10-4-5-17-8-10)12-3-2-11(15)6-13(12)14/h2-6,8-9,16H,7H2,1H3. The van der Waals surface area contributed by atoms with Crippen LogP contribution in [0.5, 0.6) is 0 Å². The molecule has 0 saturated heterocycles. The Labute approximate surface area is 108 Å². The van der Waals surface area contributed by atoms with Crippen LogP contribution in [0.3, 0.4) is 0 Å². The second-order valence-corrected chi connectivity index (χ2v) is 4.75. The summed E-state index contributed by atoms with van der Waals surface area (Å²) < 4.78 is 18.7. The highest BCUT2D eigenvalue weighted by Crippen LogP contribution is 2.24. The lowest BCUT2D eigenvalue weighted by Crippen LogP contribution is -2.18. The van der Waals surface area contributed by atoms with Gasteiger partial charge >= 0.3 is 0 Å². The molecule has 90 valence electrons. The van der Waals surface area contributed by atoms with E-state index in [4.69, 9.17) is 4.42 Å². The quantitative estimate of drug-likeness (QED) is 0.922. The summed E-state index contributed by atoms with van der Waals surface area (Å²) in [5, 5.41) is 3.35. The average Bonchev–Trinajstić information content (AvgIpc) is 2.78. The van der Waals surface area contributed by atoms with Gasteiger partial charge in [-0.2, -0.15) is 0 Å². The molecule has 1 unspecified atom stereocenters. The maximum absolute atomic E-state index is 13.0. The first-order valence-electron chi connectivity index (χ1n) is 5.36. The van der Waals surface area contributed by atoms with Gasteiger partial charge in [-0.25, -0.2) is 4.39 Å². The molecule has 2 rings (SSSR count). The summed E-state index contributed by atoms with van der Waals surface area (Å²) in [4.78, 5) is 0. The molecule has 1 heterocycles. The van der Waals surface area contributed by atoms with Crippen LogP contribution in [0.4, 0.5) is 4.39 Å². The summed E-state index contributed by atoms with van der Waals surface area (Å²) in [5.74, 6) is -0.234. The van der Waals surface area contributed by atoms with Gasteiger partial charge in [0.05, 0.1) is 12.5 Å². The second kappa shape index (κ2) is 5.47. The molecule has 2 nitrogen and oxygen atoms in total. The van der Waals surface area contributed by atoms with Crippen LogP contribution < -0.4 is 5.32 Å². The highest BCUT2D eigenvalue weighted by molar-refractivity contribution is 9.10. The monoisotopic (exact) mass is 297 g/mol. The third kappa shape index (κ3) is 3.17. The molecule has 0 bridgehead atoms. The Bertz CT molecular complexity index is 484. The van der Waals surface area contributed by atoms with E-state index < -0.39 is 0 Å². The lowest BCUT2D eigenvalue weighted by atomic mass is 10.1. The fraction of sp³-hybridized carbons (Fsp3) is 0.231. The van der Waals surface area contributed by atoms with Crippen LogP contribution in [0.1, 0.15) is 24.1 Å². The number of rotatable bonds is 4. The van der Waals surface area contributed by atoms with Crippen LogP contribution in [-0.2, 0) is 6.54 Å². The first-order valence-corrected chi connectivity index (χ1v) is 6.15. The van der Waals surface area contributed by atoms with E-state index >= 15 is 0 Å². The van der Waals surface area contributed by atoms with Crippen molar-refractivity contribution in [3.63, 3.8) is 0 Å². The zero-order chi connectivity index (χ0) is 12.3. The molecular weight excluding hydrogens is 285 g/mol. The minimum absolute atomic E-state index is 0.139. The van der Waals surface area contributed by atoms with Crippen LogP contribution in [0.15, 0.2) is 45.7 Å². The van der Waals surface area contributed by atoms with Crippen LogP contribution in [0.2, 0.25) is 0 Å². The molecule has 2 aromatic rings. The molecule has 0 fully saturated rings. The van der Waals surface area contributed by atoms with Gasteiger partial charge in [0.2, 0.25) is 0 Å². The molecule has 0 radical (unpaired) electrons. The first kappa shape index (κ1) is 12.3. The van der Waals surface area contributed by atoms with E-state index in [1.807, 2.05) is 13.0 Å². The summed E-state index contributed by atoms with van der Waals surface area (Å²) in [7, 11) is 0. The number of hydrogen-bond donors (Lipinski definition) is 1. The van der Waals surface area contributed by atoms with Gasteiger partial charge in [-0.15, -0.1) is 0 Å². The molecule has 0 aliphatic heterocycles. The molecule has 4 heteroatoms. The van der Waals surface area contributed by atoms with E-state index in [-0.39, 0.29) is 11.9 Å². The maximum atomic E-state index is 13.0. The second-order valence-electron chi connectivity index (χ2n) is 3.90. The Morgan fingerprint density at radius 2 is 2.24 bits per heavy atom. The lowest BCUT2D eigenvalue weighted by Gasteiger charge is -2.15. The molecule has 0 aliphatic rings. The summed E-state index contributed by atoms with van der Waals surface area (Å²) in [6.07, 6.45) is 3.36. The molecule has 1 atom stereocenters. The minimum atomic E-state index is -0.234. The molecule has 0 aliphatic carbocycles. The number of furan rings is 1. The molecule has 1 N–H and O–H groups in total. The third-order valence-electron chi connectivity index (χ3n) is 2.62. The Kier molecular flexibility index (Phi) is 3.97. The SMILES string of the molecule is CC(NCc1ccoc1)c1ccc(F)cc1Br. The van der Waals surface area contributed by atoms with Gasteiger partial charge in [0.25, 0.3) is 0 Å². The van der Waals surface area contributed by atoms with E-state index in [2.05, 4.69) is 21.2 Å². The molecular formula is C13H13BrFNO. The topological polar surface area (TPSA) is 25.2 Å². The van der Waals surface area contributed by atoms with Crippen LogP contribution in [0, 0.1) is 5.82 Å². The fourth-order valence-corrected chi connectivity index (χ4v) is 2.32. The molecule has 0 spiro atoms. The Hall–Kier alpha value is -1.13. The zero-order valence-electron chi connectivity index (χ0n) is 9.41. The number of hydrogen-bond acceptors (Lipinski definition) is 2. The summed E-state index contributed by atoms with van der Waals surface area (Å²) in [6, 6.07) is 6.78. The van der Waals surface area contributed by atoms with Gasteiger partial charge in [0.1, 0.15) is 5.82 Å². The lowest BCUT2D eigenvalue weighted by molar-refractivity contribution is 0.545.